The van der Waals surface area contributed by atoms with Crippen LogP contribution < -0.4 is 0 Å². The van der Waals surface area contributed by atoms with E-state index in [1.165, 1.54) is 0 Å². The van der Waals surface area contributed by atoms with Gasteiger partial charge in [0.05, 0.1) is 12.0 Å². The Morgan fingerprint density at radius 2 is 1.83 bits per heavy atom. The van der Waals surface area contributed by atoms with Gasteiger partial charge in [-0.05, 0) is 12.8 Å². The first kappa shape index (κ1) is 16.4. The second-order valence-corrected chi connectivity index (χ2v) is 4.50. The average molecular weight is 255 g/mol. The van der Waals surface area contributed by atoms with E-state index < -0.39 is 23.3 Å². The Kier molecular flexibility index (Phi) is 7.03. The second kappa shape index (κ2) is 7.70. The molecule has 0 bridgehead atoms. The van der Waals surface area contributed by atoms with Gasteiger partial charge in [0.25, 0.3) is 0 Å². The zero-order valence-electron chi connectivity index (χ0n) is 11.0. The third kappa shape index (κ3) is 3.73. The second-order valence-electron chi connectivity index (χ2n) is 4.50. The molecule has 0 rings (SSSR count). The maximum Gasteiger partial charge on any atom is 0.324 e. The van der Waals surface area contributed by atoms with Crippen LogP contribution in [0.1, 0.15) is 52.4 Å². The molecule has 0 fully saturated rings. The van der Waals surface area contributed by atoms with E-state index in [-0.39, 0.29) is 12.8 Å². The van der Waals surface area contributed by atoms with Gasteiger partial charge in [0.2, 0.25) is 0 Å². The molecule has 2 unspecified atom stereocenters. The Balaban J connectivity index is 4.99. The summed E-state index contributed by atoms with van der Waals surface area (Å²) >= 11 is 0. The summed E-state index contributed by atoms with van der Waals surface area (Å²) in [6.07, 6.45) is 3.60. The van der Waals surface area contributed by atoms with Gasteiger partial charge in [-0.1, -0.05) is 39.5 Å². The number of nitrogens with zero attached hydrogens (tertiary/aromatic N) is 1. The van der Waals surface area contributed by atoms with Crippen molar-refractivity contribution in [1.29, 1.82) is 5.26 Å². The van der Waals surface area contributed by atoms with Crippen LogP contribution >= 0.6 is 0 Å². The van der Waals surface area contributed by atoms with E-state index in [0.29, 0.717) is 6.42 Å². The van der Waals surface area contributed by atoms with Gasteiger partial charge in [-0.2, -0.15) is 5.26 Å². The van der Waals surface area contributed by atoms with E-state index >= 15 is 0 Å². The van der Waals surface area contributed by atoms with E-state index in [2.05, 4.69) is 0 Å². The van der Waals surface area contributed by atoms with Crippen LogP contribution in [0.15, 0.2) is 0 Å². The van der Waals surface area contributed by atoms with Crippen molar-refractivity contribution in [1.82, 2.24) is 0 Å². The third-order valence-electron chi connectivity index (χ3n) is 3.31. The molecule has 0 spiro atoms. The van der Waals surface area contributed by atoms with Gasteiger partial charge in [0, 0.05) is 0 Å². The van der Waals surface area contributed by atoms with Crippen molar-refractivity contribution in [3.63, 3.8) is 0 Å². The summed E-state index contributed by atoms with van der Waals surface area (Å²) in [5.74, 6) is -3.69. The summed E-state index contributed by atoms with van der Waals surface area (Å²) in [7, 11) is 0. The lowest BCUT2D eigenvalue weighted by molar-refractivity contribution is -0.159. The van der Waals surface area contributed by atoms with E-state index in [9.17, 15) is 14.7 Å². The predicted octanol–water partition coefficient (Wildman–Crippen LogP) is 2.66. The van der Waals surface area contributed by atoms with Gasteiger partial charge in [-0.15, -0.1) is 0 Å². The minimum Gasteiger partial charge on any atom is -0.481 e. The fourth-order valence-electron chi connectivity index (χ4n) is 2.18. The maximum absolute atomic E-state index is 11.3. The molecule has 102 valence electrons. The molecule has 0 aromatic carbocycles. The predicted molar refractivity (Wildman–Crippen MR) is 65.9 cm³/mol. The fourth-order valence-corrected chi connectivity index (χ4v) is 2.18. The zero-order chi connectivity index (χ0) is 14.2. The van der Waals surface area contributed by atoms with Crippen LogP contribution in [0.5, 0.6) is 0 Å². The summed E-state index contributed by atoms with van der Waals surface area (Å²) in [5.41, 5.74) is -1.80. The fraction of sp³-hybridized carbons (Fsp3) is 0.769. The van der Waals surface area contributed by atoms with E-state index in [0.717, 1.165) is 19.3 Å². The van der Waals surface area contributed by atoms with Crippen LogP contribution in [0.3, 0.4) is 0 Å². The minimum atomic E-state index is -1.80. The van der Waals surface area contributed by atoms with Gasteiger partial charge in [-0.25, -0.2) is 0 Å². The van der Waals surface area contributed by atoms with Crippen LogP contribution in [0.25, 0.3) is 0 Å². The Morgan fingerprint density at radius 3 is 2.17 bits per heavy atom. The van der Waals surface area contributed by atoms with Crippen molar-refractivity contribution in [3.8, 4) is 6.07 Å². The summed E-state index contributed by atoms with van der Waals surface area (Å²) in [4.78, 5) is 22.5. The molecular formula is C13H21NO4. The highest BCUT2D eigenvalue weighted by Gasteiger charge is 2.48. The summed E-state index contributed by atoms with van der Waals surface area (Å²) in [6.45, 7) is 3.63. The van der Waals surface area contributed by atoms with Gasteiger partial charge in [0.1, 0.15) is 0 Å². The highest BCUT2D eigenvalue weighted by atomic mass is 16.4. The van der Waals surface area contributed by atoms with Crippen molar-refractivity contribution in [3.05, 3.63) is 0 Å². The monoisotopic (exact) mass is 255 g/mol. The van der Waals surface area contributed by atoms with Crippen LogP contribution in [0.4, 0.5) is 0 Å². The molecule has 0 aromatic heterocycles. The summed E-state index contributed by atoms with van der Waals surface area (Å²) < 4.78 is 0. The van der Waals surface area contributed by atoms with Crippen molar-refractivity contribution in [2.24, 2.45) is 11.3 Å². The van der Waals surface area contributed by atoms with Crippen LogP contribution in [-0.4, -0.2) is 22.2 Å². The van der Waals surface area contributed by atoms with Gasteiger partial charge < -0.3 is 10.2 Å². The summed E-state index contributed by atoms with van der Waals surface area (Å²) in [5, 5.41) is 27.5. The molecular weight excluding hydrogens is 234 g/mol. The molecule has 0 aliphatic carbocycles. The summed E-state index contributed by atoms with van der Waals surface area (Å²) in [6, 6.07) is 1.74. The molecule has 0 saturated heterocycles. The number of carboxylic acid groups (broad SMARTS) is 2. The van der Waals surface area contributed by atoms with Crippen molar-refractivity contribution >= 4 is 11.9 Å². The maximum atomic E-state index is 11.3. The first-order valence-electron chi connectivity index (χ1n) is 6.33. The lowest BCUT2D eigenvalue weighted by atomic mass is 9.71. The Labute approximate surface area is 107 Å². The topological polar surface area (TPSA) is 98.4 Å². The molecule has 0 aliphatic heterocycles. The number of aliphatic carboxylic acids is 2. The molecule has 0 saturated carbocycles. The standard InChI is InChI=1S/C13H21NO4/c1-3-5-6-7-8-13(9-14,12(17)18)10(4-2)11(15)16/h10H,3-8H2,1-2H3,(H,15,16)(H,17,18). The van der Waals surface area contributed by atoms with E-state index in [1.807, 2.05) is 6.92 Å². The lowest BCUT2D eigenvalue weighted by Gasteiger charge is -2.27. The smallest absolute Gasteiger partial charge is 0.324 e. The molecule has 0 aliphatic rings. The largest absolute Gasteiger partial charge is 0.481 e. The lowest BCUT2D eigenvalue weighted by Crippen LogP contribution is -2.41. The highest BCUT2D eigenvalue weighted by molar-refractivity contribution is 5.86. The normalized spacial score (nSPS) is 15.4. The Bertz CT molecular complexity index is 334. The first-order valence-corrected chi connectivity index (χ1v) is 6.33. The van der Waals surface area contributed by atoms with Gasteiger partial charge >= 0.3 is 11.9 Å². The zero-order valence-corrected chi connectivity index (χ0v) is 11.0. The number of rotatable bonds is 9. The molecule has 0 heterocycles. The first-order chi connectivity index (χ1) is 8.46. The Hall–Kier alpha value is -1.57. The van der Waals surface area contributed by atoms with Crippen LogP contribution in [-0.2, 0) is 9.59 Å². The SMILES string of the molecule is CCCCCCC(C#N)(C(=O)O)C(CC)C(=O)O. The van der Waals surface area contributed by atoms with E-state index in [4.69, 9.17) is 10.4 Å². The quantitative estimate of drug-likeness (QED) is 0.617. The molecule has 0 radical (unpaired) electrons. The number of carbonyl (C=O) groups is 2. The van der Waals surface area contributed by atoms with E-state index in [1.54, 1.807) is 13.0 Å². The van der Waals surface area contributed by atoms with Gasteiger partial charge in [-0.3, -0.25) is 9.59 Å². The number of hydrogen-bond donors (Lipinski definition) is 2. The third-order valence-corrected chi connectivity index (χ3v) is 3.31. The number of nitriles is 1. The number of carboxylic acids is 2. The van der Waals surface area contributed by atoms with Crippen LogP contribution in [0, 0.1) is 22.7 Å². The molecule has 18 heavy (non-hydrogen) atoms. The molecule has 2 N–H and O–H groups in total. The van der Waals surface area contributed by atoms with Crippen molar-refractivity contribution in [2.45, 2.75) is 52.4 Å². The number of unbranched alkanes of at least 4 members (excludes halogenated alkanes) is 3. The highest BCUT2D eigenvalue weighted by Crippen LogP contribution is 2.36. The minimum absolute atomic E-state index is 0.101. The van der Waals surface area contributed by atoms with Crippen LogP contribution in [0.2, 0.25) is 0 Å². The molecule has 0 aromatic rings. The molecule has 2 atom stereocenters. The molecule has 5 nitrogen and oxygen atoms in total. The van der Waals surface area contributed by atoms with Gasteiger partial charge in [0.15, 0.2) is 5.41 Å². The molecule has 0 amide bonds. The number of hydrogen-bond acceptors (Lipinski definition) is 3. The average Bonchev–Trinajstić information content (AvgIpc) is 2.32. The van der Waals surface area contributed by atoms with Crippen molar-refractivity contribution < 1.29 is 19.8 Å². The Morgan fingerprint density at radius 1 is 1.22 bits per heavy atom. The molecule has 5 heteroatoms. The van der Waals surface area contributed by atoms with Crippen molar-refractivity contribution in [2.75, 3.05) is 0 Å².